The van der Waals surface area contributed by atoms with E-state index in [4.69, 9.17) is 18.5 Å². The van der Waals surface area contributed by atoms with Crippen LogP contribution in [0.4, 0.5) is 0 Å². The quantitative estimate of drug-likeness (QED) is 0.0195. The molecule has 2 unspecified atom stereocenters. The van der Waals surface area contributed by atoms with Crippen molar-refractivity contribution < 1.29 is 42.1 Å². The Hall–Kier alpha value is -1.51. The van der Waals surface area contributed by atoms with Crippen LogP contribution in [0.15, 0.2) is 24.3 Å². The highest BCUT2D eigenvalue weighted by molar-refractivity contribution is 7.45. The van der Waals surface area contributed by atoms with Gasteiger partial charge in [-0.25, -0.2) is 0 Å². The topological polar surface area (TPSA) is 111 Å². The van der Waals surface area contributed by atoms with E-state index < -0.39 is 26.5 Å². The lowest BCUT2D eigenvalue weighted by Gasteiger charge is -2.28. The first kappa shape index (κ1) is 75.5. The van der Waals surface area contributed by atoms with Crippen molar-refractivity contribution in [2.45, 2.75) is 347 Å². The van der Waals surface area contributed by atoms with Crippen LogP contribution in [0.25, 0.3) is 0 Å². The molecule has 0 saturated heterocycles. The zero-order valence-electron chi connectivity index (χ0n) is 51.9. The molecule has 9 nitrogen and oxygen atoms in total. The van der Waals surface area contributed by atoms with Gasteiger partial charge in [0.05, 0.1) is 27.7 Å². The predicted octanol–water partition coefficient (Wildman–Crippen LogP) is 20.7. The molecule has 0 radical (unpaired) electrons. The minimum Gasteiger partial charge on any atom is -0.756 e. The molecule has 0 aromatic heterocycles. The molecule has 0 spiro atoms. The van der Waals surface area contributed by atoms with Gasteiger partial charge in [0.1, 0.15) is 19.8 Å². The number of allylic oxidation sites excluding steroid dienone is 4. The van der Waals surface area contributed by atoms with Crippen LogP contribution in [0.2, 0.25) is 0 Å². The summed E-state index contributed by atoms with van der Waals surface area (Å²) in [7, 11) is 1.18. The van der Waals surface area contributed by atoms with E-state index in [0.29, 0.717) is 17.4 Å². The van der Waals surface area contributed by atoms with Gasteiger partial charge in [-0.2, -0.15) is 0 Å². The fourth-order valence-corrected chi connectivity index (χ4v) is 10.7. The van der Waals surface area contributed by atoms with Gasteiger partial charge in [0.2, 0.25) is 0 Å². The minimum atomic E-state index is -4.63. The number of hydrogen-bond acceptors (Lipinski definition) is 8. The number of quaternary nitrogens is 1. The number of nitrogens with zero attached hydrogens (tertiary/aromatic N) is 1. The van der Waals surface area contributed by atoms with E-state index in [1.165, 1.54) is 257 Å². The predicted molar refractivity (Wildman–Crippen MR) is 328 cm³/mol. The van der Waals surface area contributed by atoms with Crippen LogP contribution in [0.3, 0.4) is 0 Å². The van der Waals surface area contributed by atoms with Crippen molar-refractivity contribution in [3.8, 4) is 0 Å². The van der Waals surface area contributed by atoms with Crippen molar-refractivity contribution in [2.75, 3.05) is 47.5 Å². The Labute approximate surface area is 479 Å². The third kappa shape index (κ3) is 63.5. The molecule has 0 bridgehead atoms. The maximum atomic E-state index is 12.8. The number of rotatable bonds is 63. The van der Waals surface area contributed by atoms with Crippen LogP contribution in [-0.2, 0) is 32.7 Å². The Morgan fingerprint density at radius 3 is 0.961 bits per heavy atom. The summed E-state index contributed by atoms with van der Waals surface area (Å²) in [5.74, 6) is -0.827. The third-order valence-electron chi connectivity index (χ3n) is 15.2. The molecule has 0 saturated carbocycles. The summed E-state index contributed by atoms with van der Waals surface area (Å²) in [5, 5.41) is 0. The summed E-state index contributed by atoms with van der Waals surface area (Å²) in [6, 6.07) is 0. The molecule has 0 rings (SSSR count). The normalized spacial score (nSPS) is 13.3. The van der Waals surface area contributed by atoms with Gasteiger partial charge in [-0.05, 0) is 64.2 Å². The molecule has 0 aliphatic carbocycles. The number of phosphoric acid groups is 1. The second-order valence-electron chi connectivity index (χ2n) is 24.2. The fraction of sp³-hybridized carbons (Fsp3) is 0.910. The number of carbonyl (C=O) groups excluding carboxylic acids is 2. The molecular formula is C67H130NO8P. The van der Waals surface area contributed by atoms with E-state index in [1.54, 1.807) is 0 Å². The molecule has 0 aromatic rings. The summed E-state index contributed by atoms with van der Waals surface area (Å²) >= 11 is 0. The SMILES string of the molecule is CCCCCCC/C=C\CCCCCCCC(=O)OCC(COP(=O)([O-])OCC[N+](C)(C)C)OC(=O)CCCCCCCCCCCCCCCCCCCCCCCCCCCCC/C=C\CCCCCCCCCC. The number of esters is 2. The van der Waals surface area contributed by atoms with Crippen LogP contribution < -0.4 is 4.89 Å². The van der Waals surface area contributed by atoms with Gasteiger partial charge < -0.3 is 27.9 Å². The van der Waals surface area contributed by atoms with Crippen molar-refractivity contribution in [1.82, 2.24) is 0 Å². The molecule has 0 aliphatic heterocycles. The van der Waals surface area contributed by atoms with Gasteiger partial charge in [-0.3, -0.25) is 14.2 Å². The van der Waals surface area contributed by atoms with Crippen molar-refractivity contribution in [1.29, 1.82) is 0 Å². The fourth-order valence-electron chi connectivity index (χ4n) is 10.0. The van der Waals surface area contributed by atoms with Crippen LogP contribution in [0.5, 0.6) is 0 Å². The first-order valence-corrected chi connectivity index (χ1v) is 35.0. The Bertz CT molecular complexity index is 1350. The molecule has 2 atom stereocenters. The Kier molecular flexibility index (Phi) is 58.0. The lowest BCUT2D eigenvalue weighted by atomic mass is 10.0. The Morgan fingerprint density at radius 2 is 0.662 bits per heavy atom. The van der Waals surface area contributed by atoms with Gasteiger partial charge in [0.25, 0.3) is 7.82 Å². The van der Waals surface area contributed by atoms with Crippen LogP contribution in [-0.4, -0.2) is 70.0 Å². The summed E-state index contributed by atoms with van der Waals surface area (Å²) in [5.41, 5.74) is 0. The van der Waals surface area contributed by atoms with E-state index in [2.05, 4.69) is 38.2 Å². The lowest BCUT2D eigenvalue weighted by Crippen LogP contribution is -2.37. The highest BCUT2D eigenvalue weighted by Gasteiger charge is 2.22. The van der Waals surface area contributed by atoms with Crippen LogP contribution in [0.1, 0.15) is 341 Å². The molecule has 0 N–H and O–H groups in total. The van der Waals surface area contributed by atoms with E-state index in [-0.39, 0.29) is 32.0 Å². The number of carbonyl (C=O) groups is 2. The van der Waals surface area contributed by atoms with E-state index in [0.717, 1.165) is 51.4 Å². The van der Waals surface area contributed by atoms with Gasteiger partial charge >= 0.3 is 11.9 Å². The van der Waals surface area contributed by atoms with E-state index in [9.17, 15) is 19.0 Å². The van der Waals surface area contributed by atoms with Gasteiger partial charge in [0.15, 0.2) is 6.10 Å². The molecule has 0 fully saturated rings. The average molecular weight is 1110 g/mol. The van der Waals surface area contributed by atoms with E-state index in [1.807, 2.05) is 21.1 Å². The largest absolute Gasteiger partial charge is 0.756 e. The second-order valence-corrected chi connectivity index (χ2v) is 25.6. The standard InChI is InChI=1S/C67H130NO8P/c1-6-8-10-12-14-16-18-20-22-23-24-25-26-27-28-29-30-31-32-33-34-35-36-37-38-39-40-41-42-43-44-45-46-48-50-52-54-56-58-60-67(70)76-65(64-75-77(71,72)74-62-61-68(3,4)5)63-73-66(69)59-57-55-53-51-49-47-21-19-17-15-13-11-9-7-2/h19,21,23-24,65H,6-18,20,22,25-64H2,1-5H3/b21-19-,24-23-. The molecular weight excluding hydrogens is 978 g/mol. The molecule has 456 valence electrons. The van der Waals surface area contributed by atoms with Gasteiger partial charge in [-0.15, -0.1) is 0 Å². The van der Waals surface area contributed by atoms with Crippen molar-refractivity contribution in [2.24, 2.45) is 0 Å². The summed E-state index contributed by atoms with van der Waals surface area (Å²) in [6.45, 7) is 4.27. The smallest absolute Gasteiger partial charge is 0.306 e. The number of hydrogen-bond donors (Lipinski definition) is 0. The Morgan fingerprint density at radius 1 is 0.390 bits per heavy atom. The van der Waals surface area contributed by atoms with E-state index >= 15 is 0 Å². The minimum absolute atomic E-state index is 0.0290. The maximum absolute atomic E-state index is 12.8. The zero-order valence-corrected chi connectivity index (χ0v) is 52.8. The van der Waals surface area contributed by atoms with Crippen molar-refractivity contribution in [3.05, 3.63) is 24.3 Å². The highest BCUT2D eigenvalue weighted by atomic mass is 31.2. The van der Waals surface area contributed by atoms with Gasteiger partial charge in [0, 0.05) is 12.8 Å². The molecule has 10 heteroatoms. The van der Waals surface area contributed by atoms with Gasteiger partial charge in [-0.1, -0.05) is 289 Å². The average Bonchev–Trinajstić information content (AvgIpc) is 3.39. The lowest BCUT2D eigenvalue weighted by molar-refractivity contribution is -0.870. The molecule has 0 aliphatic rings. The number of ether oxygens (including phenoxy) is 2. The molecule has 0 amide bonds. The van der Waals surface area contributed by atoms with Crippen LogP contribution in [0, 0.1) is 0 Å². The Balaban J connectivity index is 3.85. The first-order valence-electron chi connectivity index (χ1n) is 33.5. The third-order valence-corrected chi connectivity index (χ3v) is 16.2. The summed E-state index contributed by atoms with van der Waals surface area (Å²) < 4.78 is 34.2. The molecule has 0 heterocycles. The summed E-state index contributed by atoms with van der Waals surface area (Å²) in [4.78, 5) is 37.9. The molecule has 0 aromatic carbocycles. The summed E-state index contributed by atoms with van der Waals surface area (Å²) in [6.07, 6.45) is 72.8. The van der Waals surface area contributed by atoms with Crippen molar-refractivity contribution in [3.63, 3.8) is 0 Å². The highest BCUT2D eigenvalue weighted by Crippen LogP contribution is 2.38. The maximum Gasteiger partial charge on any atom is 0.306 e. The van der Waals surface area contributed by atoms with Crippen molar-refractivity contribution >= 4 is 19.8 Å². The number of unbranched alkanes of at least 4 members (excludes halogenated alkanes) is 45. The molecule has 77 heavy (non-hydrogen) atoms. The zero-order chi connectivity index (χ0) is 56.3. The number of phosphoric ester groups is 1. The second kappa shape index (κ2) is 59.1. The van der Waals surface area contributed by atoms with Crippen LogP contribution >= 0.6 is 7.82 Å². The first-order chi connectivity index (χ1) is 37.5. The monoisotopic (exact) mass is 1110 g/mol. The number of likely N-dealkylation sites (N-methyl/N-ethyl adjacent to an activating group) is 1.